The number of phenolic OH excluding ortho intramolecular Hbond substituents is 19. The van der Waals surface area contributed by atoms with Crippen molar-refractivity contribution >= 4 is 0 Å². The summed E-state index contributed by atoms with van der Waals surface area (Å²) in [5.74, 6) is -15.7. The number of fused-ring (bicyclic) bond motifs is 5. The van der Waals surface area contributed by atoms with Crippen LogP contribution >= 0.6 is 0 Å². The molecule has 30 nitrogen and oxygen atoms in total. The Bertz CT molecular complexity index is 5150. The molecule has 24 N–H and O–H groups in total. The highest BCUT2D eigenvalue weighted by Crippen LogP contribution is 2.64. The van der Waals surface area contributed by atoms with Gasteiger partial charge in [0, 0.05) is 105 Å². The van der Waals surface area contributed by atoms with Gasteiger partial charge < -0.3 is 151 Å². The van der Waals surface area contributed by atoms with Crippen molar-refractivity contribution in [2.75, 3.05) is 7.11 Å². The normalized spacial score (nSPS) is 23.2. The van der Waals surface area contributed by atoms with Gasteiger partial charge in [0.1, 0.15) is 116 Å². The standard InChI is InChI=1S/C45H38O18.C31H28O12/c46-18-10-27(54)33-32(11-18)61-42(16-2-5-21(48)25(52)8-16)39(59)37(33)35-29(56)14-30(57)36-38(40(60)43(63-45(35)36)17-3-6-22(49)26(53)9-17)34-28(55)13-23(50)19-12-31(58)41(62-44(19)34)15-1-4-20(47)24(51)7-15;1-41-31-20(37)6-13(7-21(31)38)28-22(39)10-16-17(34)11-19(36)25(30(16)43-28)26-24-18(35)8-15(33)9-23(24)42-29(27(26)40)12-2-4-14(32)5-3-12/h1-11,13-14,31,37-43,46-60H,12H2;2-9,11,22,26-29,32-40H,10H2,1H3/t31-,37?,38?,39+,40+,41+,42+,43+;22-,26-,27-,28?,29-/m01/s1. The van der Waals surface area contributed by atoms with Crippen LogP contribution in [-0.2, 0) is 12.8 Å². The molecular formula is C76H66O30. The Balaban J connectivity index is 0.000000191. The second kappa shape index (κ2) is 26.4. The SMILES string of the molecule is COc1c(O)cc(C2Oc3c(c(O)cc(O)c3[C@H]3c4c(O)cc(O)cc4O[C@H](c4ccc(O)cc4)[C@@H]3O)C[C@H]2O)cc1O.Oc1cc(O)c2c(c1)O[C@H](c1ccc(O)c(O)c1)[C@H](O)C2c1c(O)cc(O)c2c1O[C@H](c1ccc(O)c(O)c1)[C@H](O)C2c1c(O)cc(O)c2c1O[C@H](c1ccc(O)c(O)c1)[C@@H](O)C2. The van der Waals surface area contributed by atoms with Gasteiger partial charge in [-0.25, -0.2) is 0 Å². The van der Waals surface area contributed by atoms with E-state index >= 15 is 0 Å². The Morgan fingerprint density at radius 1 is 0.264 bits per heavy atom. The van der Waals surface area contributed by atoms with Crippen molar-refractivity contribution < 1.29 is 151 Å². The van der Waals surface area contributed by atoms with Gasteiger partial charge in [0.05, 0.1) is 37.1 Å². The maximum absolute atomic E-state index is 12.5. The number of benzene rings is 10. The molecule has 0 aromatic heterocycles. The van der Waals surface area contributed by atoms with Crippen LogP contribution in [0, 0.1) is 0 Å². The first kappa shape index (κ1) is 70.1. The molecule has 5 aliphatic rings. The van der Waals surface area contributed by atoms with Crippen molar-refractivity contribution in [2.24, 2.45) is 0 Å². The lowest BCUT2D eigenvalue weighted by atomic mass is 9.73. The summed E-state index contributed by atoms with van der Waals surface area (Å²) in [5.41, 5.74) is -0.484. The second-order valence-electron chi connectivity index (χ2n) is 26.2. The third kappa shape index (κ3) is 11.8. The smallest absolute Gasteiger partial charge is 0.202 e. The lowest BCUT2D eigenvalue weighted by Gasteiger charge is -2.43. The molecule has 0 radical (unpaired) electrons. The van der Waals surface area contributed by atoms with Gasteiger partial charge in [0.15, 0.2) is 70.4 Å². The number of aromatic hydroxyl groups is 19. The van der Waals surface area contributed by atoms with Crippen LogP contribution in [-0.4, -0.2) is 160 Å². The van der Waals surface area contributed by atoms with Gasteiger partial charge in [-0.1, -0.05) is 30.3 Å². The number of hydrogen-bond donors (Lipinski definition) is 24. The number of ether oxygens (including phenoxy) is 6. The molecule has 30 heteroatoms. The zero-order valence-electron chi connectivity index (χ0n) is 54.8. The summed E-state index contributed by atoms with van der Waals surface area (Å²) < 4.78 is 36.1. The van der Waals surface area contributed by atoms with Crippen LogP contribution in [0.2, 0.25) is 0 Å². The molecule has 5 aliphatic heterocycles. The number of rotatable bonds is 9. The average Bonchev–Trinajstić information content (AvgIpc) is 0.716. The van der Waals surface area contributed by atoms with E-state index in [2.05, 4.69) is 0 Å². The molecule has 0 bridgehead atoms. The molecule has 13 atom stereocenters. The van der Waals surface area contributed by atoms with Crippen LogP contribution in [0.4, 0.5) is 0 Å². The molecule has 3 unspecified atom stereocenters. The van der Waals surface area contributed by atoms with Gasteiger partial charge >= 0.3 is 0 Å². The van der Waals surface area contributed by atoms with Crippen molar-refractivity contribution in [2.45, 2.75) is 91.6 Å². The fourth-order valence-corrected chi connectivity index (χ4v) is 14.9. The molecule has 0 fully saturated rings. The summed E-state index contributed by atoms with van der Waals surface area (Å²) in [6.07, 6.45) is -15.3. The van der Waals surface area contributed by atoms with Crippen molar-refractivity contribution in [1.29, 1.82) is 0 Å². The number of methoxy groups -OCH3 is 1. The number of phenols is 19. The van der Waals surface area contributed by atoms with Gasteiger partial charge in [-0.15, -0.1) is 0 Å². The van der Waals surface area contributed by atoms with Gasteiger partial charge in [0.2, 0.25) is 5.75 Å². The van der Waals surface area contributed by atoms with Crippen LogP contribution in [0.5, 0.6) is 144 Å². The maximum atomic E-state index is 12.5. The van der Waals surface area contributed by atoms with E-state index in [-0.39, 0.29) is 120 Å². The first-order valence-corrected chi connectivity index (χ1v) is 32.4. The molecule has 0 spiro atoms. The van der Waals surface area contributed by atoms with E-state index in [1.165, 1.54) is 67.8 Å². The van der Waals surface area contributed by atoms with Gasteiger partial charge in [-0.3, -0.25) is 0 Å². The third-order valence-corrected chi connectivity index (χ3v) is 19.7. The minimum absolute atomic E-state index is 0.00882. The van der Waals surface area contributed by atoms with E-state index in [1.807, 2.05) is 0 Å². The topological polar surface area (TPSA) is 541 Å². The third-order valence-electron chi connectivity index (χ3n) is 19.7. The van der Waals surface area contributed by atoms with Crippen molar-refractivity contribution in [3.63, 3.8) is 0 Å². The molecular weight excluding hydrogens is 1390 g/mol. The molecule has 15 rings (SSSR count). The van der Waals surface area contributed by atoms with Crippen LogP contribution in [0.15, 0.2) is 133 Å². The van der Waals surface area contributed by atoms with Crippen LogP contribution < -0.4 is 28.4 Å². The first-order valence-electron chi connectivity index (χ1n) is 32.4. The highest BCUT2D eigenvalue weighted by molar-refractivity contribution is 5.72. The Morgan fingerprint density at radius 2 is 0.575 bits per heavy atom. The highest BCUT2D eigenvalue weighted by Gasteiger charge is 2.52. The molecule has 0 aliphatic carbocycles. The molecule has 5 heterocycles. The summed E-state index contributed by atoms with van der Waals surface area (Å²) in [5, 5.41) is 263. The highest BCUT2D eigenvalue weighted by atomic mass is 16.5. The largest absolute Gasteiger partial charge is 0.508 e. The minimum atomic E-state index is -1.90. The van der Waals surface area contributed by atoms with E-state index in [1.54, 1.807) is 0 Å². The minimum Gasteiger partial charge on any atom is -0.508 e. The summed E-state index contributed by atoms with van der Waals surface area (Å²) in [6.45, 7) is 0. The lowest BCUT2D eigenvalue weighted by Crippen LogP contribution is -2.39. The number of hydrogen-bond acceptors (Lipinski definition) is 30. The Kier molecular flexibility index (Phi) is 17.4. The molecule has 0 saturated heterocycles. The zero-order valence-corrected chi connectivity index (χ0v) is 54.8. The fraction of sp³-hybridized carbons (Fsp3) is 0.211. The average molecular weight is 1460 g/mol. The van der Waals surface area contributed by atoms with Gasteiger partial charge in [0.25, 0.3) is 0 Å². The predicted octanol–water partition coefficient (Wildman–Crippen LogP) is 7.74. The Morgan fingerprint density at radius 3 is 0.972 bits per heavy atom. The molecule has 10 aromatic rings. The molecule has 10 aromatic carbocycles. The summed E-state index contributed by atoms with van der Waals surface area (Å²) >= 11 is 0. The van der Waals surface area contributed by atoms with E-state index < -0.39 is 182 Å². The van der Waals surface area contributed by atoms with Crippen molar-refractivity contribution in [3.05, 3.63) is 206 Å². The summed E-state index contributed by atoms with van der Waals surface area (Å²) in [7, 11) is 1.26. The summed E-state index contributed by atoms with van der Waals surface area (Å²) in [6, 6.07) is 26.0. The summed E-state index contributed by atoms with van der Waals surface area (Å²) in [4.78, 5) is 0. The molecule has 0 amide bonds. The second-order valence-corrected chi connectivity index (χ2v) is 26.2. The zero-order chi connectivity index (χ0) is 75.7. The van der Waals surface area contributed by atoms with E-state index in [0.29, 0.717) is 5.56 Å². The van der Waals surface area contributed by atoms with E-state index in [0.717, 1.165) is 72.8 Å². The predicted molar refractivity (Wildman–Crippen MR) is 362 cm³/mol. The molecule has 106 heavy (non-hydrogen) atoms. The van der Waals surface area contributed by atoms with Crippen molar-refractivity contribution in [3.8, 4) is 144 Å². The Labute approximate surface area is 597 Å². The van der Waals surface area contributed by atoms with E-state index in [4.69, 9.17) is 28.4 Å². The lowest BCUT2D eigenvalue weighted by molar-refractivity contribution is -0.00562. The molecule has 550 valence electrons. The van der Waals surface area contributed by atoms with Crippen LogP contribution in [0.1, 0.15) is 121 Å². The van der Waals surface area contributed by atoms with Gasteiger partial charge in [-0.2, -0.15) is 0 Å². The number of aliphatic hydroxyl groups is 5. The monoisotopic (exact) mass is 1460 g/mol. The van der Waals surface area contributed by atoms with Crippen molar-refractivity contribution in [1.82, 2.24) is 0 Å². The van der Waals surface area contributed by atoms with E-state index in [9.17, 15) is 123 Å². The quantitative estimate of drug-likeness (QED) is 0.0614. The van der Waals surface area contributed by atoms with Crippen LogP contribution in [0.25, 0.3) is 0 Å². The molecule has 0 saturated carbocycles. The fourth-order valence-electron chi connectivity index (χ4n) is 14.9. The number of aliphatic hydroxyl groups excluding tert-OH is 5. The maximum Gasteiger partial charge on any atom is 0.202 e. The van der Waals surface area contributed by atoms with Gasteiger partial charge in [-0.05, 0) is 82.9 Å². The first-order chi connectivity index (χ1) is 50.4. The Hall–Kier alpha value is -13.0. The van der Waals surface area contributed by atoms with Crippen LogP contribution in [0.3, 0.4) is 0 Å².